The third kappa shape index (κ3) is 7.80. The van der Waals surface area contributed by atoms with Gasteiger partial charge in [0.1, 0.15) is 17.1 Å². The third-order valence-corrected chi connectivity index (χ3v) is 3.90. The lowest BCUT2D eigenvalue weighted by atomic mass is 10.0. The van der Waals surface area contributed by atoms with Crippen LogP contribution in [0.2, 0.25) is 0 Å². The second kappa shape index (κ2) is 9.05. The van der Waals surface area contributed by atoms with E-state index in [0.717, 1.165) is 12.0 Å². The highest BCUT2D eigenvalue weighted by molar-refractivity contribution is 7.88. The smallest absolute Gasteiger partial charge is 0.208 e. The van der Waals surface area contributed by atoms with E-state index in [-0.39, 0.29) is 6.54 Å². The maximum absolute atomic E-state index is 11.0. The zero-order valence-electron chi connectivity index (χ0n) is 14.7. The van der Waals surface area contributed by atoms with Crippen molar-refractivity contribution in [2.24, 2.45) is 4.99 Å². The van der Waals surface area contributed by atoms with Gasteiger partial charge in [0.05, 0.1) is 12.8 Å². The fourth-order valence-electron chi connectivity index (χ4n) is 1.93. The van der Waals surface area contributed by atoms with Gasteiger partial charge in [-0.15, -0.1) is 0 Å². The summed E-state index contributed by atoms with van der Waals surface area (Å²) in [7, 11) is -3.16. The summed E-state index contributed by atoms with van der Waals surface area (Å²) in [5, 5.41) is 16.7. The first-order valence-electron chi connectivity index (χ1n) is 7.90. The molecule has 0 amide bonds. The van der Waals surface area contributed by atoms with Crippen molar-refractivity contribution in [2.75, 3.05) is 32.4 Å². The number of aliphatic imine (C=N–C) groups is 1. The van der Waals surface area contributed by atoms with Gasteiger partial charge in [0.25, 0.3) is 0 Å². The predicted octanol–water partition coefficient (Wildman–Crippen LogP) is 0.290. The van der Waals surface area contributed by atoms with Gasteiger partial charge < -0.3 is 20.2 Å². The van der Waals surface area contributed by atoms with Crippen molar-refractivity contribution in [3.8, 4) is 0 Å². The number of nitrogens with zero attached hydrogens (tertiary/aromatic N) is 1. The van der Waals surface area contributed by atoms with Crippen LogP contribution in [0.5, 0.6) is 0 Å². The summed E-state index contributed by atoms with van der Waals surface area (Å²) >= 11 is 0. The van der Waals surface area contributed by atoms with Crippen LogP contribution in [0.15, 0.2) is 21.5 Å². The van der Waals surface area contributed by atoms with Crippen LogP contribution in [0, 0.1) is 6.92 Å². The van der Waals surface area contributed by atoms with E-state index < -0.39 is 15.6 Å². The van der Waals surface area contributed by atoms with Gasteiger partial charge in [0.2, 0.25) is 10.0 Å². The zero-order valence-corrected chi connectivity index (χ0v) is 15.5. The number of aryl methyl sites for hydroxylation is 1. The number of guanidine groups is 1. The Kier molecular flexibility index (Phi) is 7.71. The molecule has 0 aliphatic heterocycles. The molecule has 0 aliphatic rings. The van der Waals surface area contributed by atoms with Crippen molar-refractivity contribution in [3.05, 3.63) is 23.7 Å². The van der Waals surface area contributed by atoms with E-state index in [9.17, 15) is 13.5 Å². The lowest BCUT2D eigenvalue weighted by Gasteiger charge is -2.19. The molecule has 1 heterocycles. The molecule has 0 saturated heterocycles. The normalized spacial score (nSPS) is 15.1. The van der Waals surface area contributed by atoms with Gasteiger partial charge >= 0.3 is 0 Å². The first kappa shape index (κ1) is 20.5. The first-order chi connectivity index (χ1) is 11.1. The van der Waals surface area contributed by atoms with Crippen molar-refractivity contribution < 1.29 is 17.9 Å². The topological polar surface area (TPSA) is 116 Å². The van der Waals surface area contributed by atoms with Gasteiger partial charge in [-0.05, 0) is 39.3 Å². The lowest BCUT2D eigenvalue weighted by molar-refractivity contribution is 0.0428. The van der Waals surface area contributed by atoms with Crippen LogP contribution in [0.25, 0.3) is 0 Å². The van der Waals surface area contributed by atoms with Crippen molar-refractivity contribution in [2.45, 2.75) is 32.8 Å². The van der Waals surface area contributed by atoms with E-state index in [1.165, 1.54) is 0 Å². The summed E-state index contributed by atoms with van der Waals surface area (Å²) in [5.41, 5.74) is -1.20. The summed E-state index contributed by atoms with van der Waals surface area (Å²) in [6.07, 6.45) is 1.75. The maximum atomic E-state index is 11.0. The standard InChI is InChI=1S/C15H28N4O4S/c1-5-16-14(17-9-6-10-19-24(4,21)22)18-11-15(3,20)13-8-7-12(2)23-13/h7-8,19-20H,5-6,9-11H2,1-4H3,(H2,16,17,18). The summed E-state index contributed by atoms with van der Waals surface area (Å²) < 4.78 is 29.8. The molecule has 1 rings (SSSR count). The largest absolute Gasteiger partial charge is 0.463 e. The van der Waals surface area contributed by atoms with Crippen molar-refractivity contribution in [1.29, 1.82) is 0 Å². The molecule has 0 aliphatic carbocycles. The van der Waals surface area contributed by atoms with Crippen LogP contribution in [-0.2, 0) is 15.6 Å². The molecule has 24 heavy (non-hydrogen) atoms. The number of nitrogens with one attached hydrogen (secondary N) is 3. The Morgan fingerprint density at radius 2 is 2.04 bits per heavy atom. The Morgan fingerprint density at radius 1 is 1.33 bits per heavy atom. The Hall–Kier alpha value is -1.58. The molecule has 0 bridgehead atoms. The van der Waals surface area contributed by atoms with Gasteiger partial charge in [-0.1, -0.05) is 0 Å². The zero-order chi connectivity index (χ0) is 18.2. The Morgan fingerprint density at radius 3 is 2.58 bits per heavy atom. The monoisotopic (exact) mass is 360 g/mol. The molecule has 0 aromatic carbocycles. The number of aliphatic hydroxyl groups is 1. The molecule has 0 fully saturated rings. The summed E-state index contributed by atoms with van der Waals surface area (Å²) in [6.45, 7) is 7.13. The van der Waals surface area contributed by atoms with Gasteiger partial charge in [0.15, 0.2) is 5.96 Å². The van der Waals surface area contributed by atoms with Crippen LogP contribution in [0.1, 0.15) is 31.8 Å². The van der Waals surface area contributed by atoms with E-state index in [1.54, 1.807) is 19.1 Å². The van der Waals surface area contributed by atoms with Gasteiger partial charge in [0, 0.05) is 19.6 Å². The average molecular weight is 360 g/mol. The van der Waals surface area contributed by atoms with E-state index in [0.29, 0.717) is 37.8 Å². The molecule has 8 nitrogen and oxygen atoms in total. The first-order valence-corrected chi connectivity index (χ1v) is 9.79. The fraction of sp³-hybridized carbons (Fsp3) is 0.667. The molecule has 0 saturated carbocycles. The average Bonchev–Trinajstić information content (AvgIpc) is 2.90. The van der Waals surface area contributed by atoms with E-state index >= 15 is 0 Å². The molecule has 138 valence electrons. The molecule has 9 heteroatoms. The minimum absolute atomic E-state index is 0.136. The molecule has 1 aromatic rings. The van der Waals surface area contributed by atoms with E-state index in [1.807, 2.05) is 13.8 Å². The SMILES string of the molecule is CCNC(=NCC(C)(O)c1ccc(C)o1)NCCCNS(C)(=O)=O. The van der Waals surface area contributed by atoms with Crippen LogP contribution >= 0.6 is 0 Å². The maximum Gasteiger partial charge on any atom is 0.208 e. The molecule has 0 spiro atoms. The lowest BCUT2D eigenvalue weighted by Crippen LogP contribution is -2.40. The van der Waals surface area contributed by atoms with E-state index in [4.69, 9.17) is 4.42 Å². The van der Waals surface area contributed by atoms with Crippen LogP contribution < -0.4 is 15.4 Å². The second-order valence-corrected chi connectivity index (χ2v) is 7.66. The minimum atomic E-state index is -3.16. The Labute approximate surface area is 143 Å². The van der Waals surface area contributed by atoms with Gasteiger partial charge in [-0.3, -0.25) is 0 Å². The van der Waals surface area contributed by atoms with Crippen LogP contribution in [-0.4, -0.2) is 51.9 Å². The highest BCUT2D eigenvalue weighted by Gasteiger charge is 2.26. The van der Waals surface area contributed by atoms with Crippen LogP contribution in [0.3, 0.4) is 0 Å². The molecular formula is C15H28N4O4S. The quantitative estimate of drug-likeness (QED) is 0.286. The van der Waals surface area contributed by atoms with Gasteiger partial charge in [-0.2, -0.15) is 0 Å². The number of hydrogen-bond acceptors (Lipinski definition) is 5. The summed E-state index contributed by atoms with van der Waals surface area (Å²) in [4.78, 5) is 4.36. The molecule has 1 aromatic heterocycles. The van der Waals surface area contributed by atoms with Crippen LogP contribution in [0.4, 0.5) is 0 Å². The van der Waals surface area contributed by atoms with Gasteiger partial charge in [-0.25, -0.2) is 18.1 Å². The second-order valence-electron chi connectivity index (χ2n) is 5.83. The number of hydrogen-bond donors (Lipinski definition) is 4. The summed E-state index contributed by atoms with van der Waals surface area (Å²) in [6, 6.07) is 3.54. The number of rotatable bonds is 9. The Bertz CT molecular complexity index is 638. The molecule has 1 unspecified atom stereocenters. The molecular weight excluding hydrogens is 332 g/mol. The molecule has 4 N–H and O–H groups in total. The molecule has 1 atom stereocenters. The minimum Gasteiger partial charge on any atom is -0.463 e. The third-order valence-electron chi connectivity index (χ3n) is 3.17. The summed E-state index contributed by atoms with van der Waals surface area (Å²) in [5.74, 6) is 1.76. The highest BCUT2D eigenvalue weighted by Crippen LogP contribution is 2.22. The molecule has 0 radical (unpaired) electrons. The van der Waals surface area contributed by atoms with Crippen molar-refractivity contribution in [1.82, 2.24) is 15.4 Å². The van der Waals surface area contributed by atoms with Crippen molar-refractivity contribution in [3.63, 3.8) is 0 Å². The van der Waals surface area contributed by atoms with Crippen molar-refractivity contribution >= 4 is 16.0 Å². The fourth-order valence-corrected chi connectivity index (χ4v) is 2.44. The van der Waals surface area contributed by atoms with E-state index in [2.05, 4.69) is 20.3 Å². The predicted molar refractivity (Wildman–Crippen MR) is 94.5 cm³/mol. The number of sulfonamides is 1. The highest BCUT2D eigenvalue weighted by atomic mass is 32.2. The Balaban J connectivity index is 2.52. The number of furan rings is 1.